The van der Waals surface area contributed by atoms with Crippen LogP contribution in [-0.2, 0) is 11.3 Å². The van der Waals surface area contributed by atoms with Gasteiger partial charge >= 0.3 is 0 Å². The van der Waals surface area contributed by atoms with Crippen LogP contribution in [0.25, 0.3) is 0 Å². The molecule has 0 saturated heterocycles. The smallest absolute Gasteiger partial charge is 0.0553 e. The number of rotatable bonds is 8. The Hall–Kier alpha value is -0.870. The third-order valence-electron chi connectivity index (χ3n) is 3.15. The summed E-state index contributed by atoms with van der Waals surface area (Å²) in [4.78, 5) is 0. The van der Waals surface area contributed by atoms with Crippen LogP contribution in [0.5, 0.6) is 0 Å². The van der Waals surface area contributed by atoms with E-state index in [2.05, 4.69) is 35.0 Å². The molecule has 17 heavy (non-hydrogen) atoms. The summed E-state index contributed by atoms with van der Waals surface area (Å²) in [7, 11) is 3.77. The molecule has 1 heterocycles. The summed E-state index contributed by atoms with van der Waals surface area (Å²) in [5.41, 5.74) is 1.28. The van der Waals surface area contributed by atoms with Gasteiger partial charge in [-0.2, -0.15) is 5.10 Å². The van der Waals surface area contributed by atoms with Crippen molar-refractivity contribution < 1.29 is 4.74 Å². The molecule has 4 nitrogen and oxygen atoms in total. The first kappa shape index (κ1) is 14.2. The number of nitrogens with zero attached hydrogens (tertiary/aromatic N) is 2. The normalized spacial score (nSPS) is 14.8. The fourth-order valence-electron chi connectivity index (χ4n) is 2.00. The Labute approximate surface area is 104 Å². The van der Waals surface area contributed by atoms with Crippen LogP contribution in [0.1, 0.15) is 44.8 Å². The zero-order chi connectivity index (χ0) is 12.7. The predicted molar refractivity (Wildman–Crippen MR) is 70.0 cm³/mol. The first-order valence-corrected chi connectivity index (χ1v) is 6.44. The van der Waals surface area contributed by atoms with Gasteiger partial charge in [-0.3, -0.25) is 4.68 Å². The van der Waals surface area contributed by atoms with Crippen molar-refractivity contribution in [2.45, 2.75) is 51.8 Å². The molecule has 1 N–H and O–H groups in total. The molecule has 0 saturated carbocycles. The first-order chi connectivity index (χ1) is 8.22. The van der Waals surface area contributed by atoms with E-state index in [4.69, 9.17) is 4.74 Å². The zero-order valence-corrected chi connectivity index (χ0v) is 11.4. The molecule has 0 bridgehead atoms. The third-order valence-corrected chi connectivity index (χ3v) is 3.15. The Kier molecular flexibility index (Phi) is 6.22. The van der Waals surface area contributed by atoms with Crippen LogP contribution in [0.15, 0.2) is 12.3 Å². The third kappa shape index (κ3) is 4.13. The summed E-state index contributed by atoms with van der Waals surface area (Å²) < 4.78 is 7.39. The molecule has 0 spiro atoms. The van der Waals surface area contributed by atoms with Gasteiger partial charge in [0.1, 0.15) is 0 Å². The highest BCUT2D eigenvalue weighted by Crippen LogP contribution is 2.19. The van der Waals surface area contributed by atoms with E-state index in [1.807, 2.05) is 13.2 Å². The number of nitrogens with one attached hydrogen (secondary N) is 1. The van der Waals surface area contributed by atoms with Crippen molar-refractivity contribution in [3.63, 3.8) is 0 Å². The van der Waals surface area contributed by atoms with Crippen molar-refractivity contribution >= 4 is 0 Å². The Balaban J connectivity index is 2.62. The lowest BCUT2D eigenvalue weighted by atomic mass is 10.1. The summed E-state index contributed by atoms with van der Waals surface area (Å²) in [6.07, 6.45) is 5.43. The molecule has 0 radical (unpaired) electrons. The highest BCUT2D eigenvalue weighted by atomic mass is 16.5. The van der Waals surface area contributed by atoms with E-state index in [1.165, 1.54) is 5.69 Å². The molecule has 1 aromatic rings. The van der Waals surface area contributed by atoms with Gasteiger partial charge in [-0.1, -0.05) is 6.92 Å². The maximum absolute atomic E-state index is 5.29. The first-order valence-electron chi connectivity index (χ1n) is 6.44. The molecule has 2 atom stereocenters. The maximum Gasteiger partial charge on any atom is 0.0553 e. The lowest BCUT2D eigenvalue weighted by molar-refractivity contribution is 0.106. The van der Waals surface area contributed by atoms with E-state index in [-0.39, 0.29) is 0 Å². The molecular weight excluding hydrogens is 214 g/mol. The van der Waals surface area contributed by atoms with Gasteiger partial charge in [0, 0.05) is 25.9 Å². The van der Waals surface area contributed by atoms with Crippen molar-refractivity contribution in [1.29, 1.82) is 0 Å². The standard InChI is InChI=1S/C13H25N3O/c1-5-10-16-13(8-9-15-16)12(14-3)7-6-11(2)17-4/h8-9,11-12,14H,5-7,10H2,1-4H3. The van der Waals surface area contributed by atoms with Gasteiger partial charge in [0.15, 0.2) is 0 Å². The average molecular weight is 239 g/mol. The van der Waals surface area contributed by atoms with E-state index in [1.54, 1.807) is 7.11 Å². The molecule has 0 aliphatic carbocycles. The Morgan fingerprint density at radius 3 is 2.82 bits per heavy atom. The number of aromatic nitrogens is 2. The van der Waals surface area contributed by atoms with Gasteiger partial charge in [0.25, 0.3) is 0 Å². The second-order valence-corrected chi connectivity index (χ2v) is 4.44. The number of ether oxygens (including phenoxy) is 1. The van der Waals surface area contributed by atoms with E-state index >= 15 is 0 Å². The number of hydrogen-bond acceptors (Lipinski definition) is 3. The minimum Gasteiger partial charge on any atom is -0.382 e. The van der Waals surface area contributed by atoms with Crippen LogP contribution in [0.4, 0.5) is 0 Å². The molecule has 2 unspecified atom stereocenters. The molecular formula is C13H25N3O. The Morgan fingerprint density at radius 1 is 1.47 bits per heavy atom. The molecule has 0 aliphatic heterocycles. The minimum absolute atomic E-state index is 0.313. The van der Waals surface area contributed by atoms with E-state index < -0.39 is 0 Å². The van der Waals surface area contributed by atoms with Crippen LogP contribution in [-0.4, -0.2) is 30.0 Å². The fraction of sp³-hybridized carbons (Fsp3) is 0.769. The van der Waals surface area contributed by atoms with Crippen LogP contribution in [0.3, 0.4) is 0 Å². The minimum atomic E-state index is 0.313. The predicted octanol–water partition coefficient (Wildman–Crippen LogP) is 2.37. The molecule has 1 rings (SSSR count). The van der Waals surface area contributed by atoms with Gasteiger partial charge in [-0.15, -0.1) is 0 Å². The second-order valence-electron chi connectivity index (χ2n) is 4.44. The number of aryl methyl sites for hydroxylation is 1. The van der Waals surface area contributed by atoms with Gasteiger partial charge in [0.2, 0.25) is 0 Å². The maximum atomic E-state index is 5.29. The largest absolute Gasteiger partial charge is 0.382 e. The topological polar surface area (TPSA) is 39.1 Å². The molecule has 1 aromatic heterocycles. The fourth-order valence-corrected chi connectivity index (χ4v) is 2.00. The van der Waals surface area contributed by atoms with Crippen molar-refractivity contribution in [1.82, 2.24) is 15.1 Å². The van der Waals surface area contributed by atoms with Crippen LogP contribution < -0.4 is 5.32 Å². The van der Waals surface area contributed by atoms with Crippen LogP contribution >= 0.6 is 0 Å². The van der Waals surface area contributed by atoms with Crippen LogP contribution in [0, 0.1) is 0 Å². The average Bonchev–Trinajstić information content (AvgIpc) is 2.78. The van der Waals surface area contributed by atoms with Crippen molar-refractivity contribution in [2.24, 2.45) is 0 Å². The monoisotopic (exact) mass is 239 g/mol. The van der Waals surface area contributed by atoms with Gasteiger partial charge in [-0.25, -0.2) is 0 Å². The van der Waals surface area contributed by atoms with E-state index in [0.29, 0.717) is 12.1 Å². The summed E-state index contributed by atoms with van der Waals surface area (Å²) >= 11 is 0. The van der Waals surface area contributed by atoms with E-state index in [9.17, 15) is 0 Å². The van der Waals surface area contributed by atoms with Gasteiger partial charge < -0.3 is 10.1 Å². The second kappa shape index (κ2) is 7.45. The van der Waals surface area contributed by atoms with Crippen molar-refractivity contribution in [3.8, 4) is 0 Å². The van der Waals surface area contributed by atoms with E-state index in [0.717, 1.165) is 25.8 Å². The molecule has 0 aliphatic rings. The highest BCUT2D eigenvalue weighted by Gasteiger charge is 2.15. The lowest BCUT2D eigenvalue weighted by Gasteiger charge is -2.19. The van der Waals surface area contributed by atoms with Crippen molar-refractivity contribution in [2.75, 3.05) is 14.2 Å². The number of methoxy groups -OCH3 is 1. The summed E-state index contributed by atoms with van der Waals surface area (Å²) in [6, 6.07) is 2.47. The highest BCUT2D eigenvalue weighted by molar-refractivity contribution is 5.06. The van der Waals surface area contributed by atoms with Gasteiger partial charge in [-0.05, 0) is 39.3 Å². The lowest BCUT2D eigenvalue weighted by Crippen LogP contribution is -2.22. The van der Waals surface area contributed by atoms with Crippen molar-refractivity contribution in [3.05, 3.63) is 18.0 Å². The quantitative estimate of drug-likeness (QED) is 0.757. The Morgan fingerprint density at radius 2 is 2.24 bits per heavy atom. The summed E-state index contributed by atoms with van der Waals surface area (Å²) in [6.45, 7) is 5.27. The molecule has 0 fully saturated rings. The molecule has 0 aromatic carbocycles. The molecule has 4 heteroatoms. The molecule has 0 amide bonds. The summed E-state index contributed by atoms with van der Waals surface area (Å²) in [5, 5.41) is 7.73. The summed E-state index contributed by atoms with van der Waals surface area (Å²) in [5.74, 6) is 0. The molecule has 98 valence electrons. The number of hydrogen-bond donors (Lipinski definition) is 1. The Bertz CT molecular complexity index is 311. The van der Waals surface area contributed by atoms with Crippen LogP contribution in [0.2, 0.25) is 0 Å². The SMILES string of the molecule is CCCn1nccc1C(CCC(C)OC)NC. The van der Waals surface area contributed by atoms with Gasteiger partial charge in [0.05, 0.1) is 11.8 Å². The zero-order valence-electron chi connectivity index (χ0n) is 11.4.